The monoisotopic (exact) mass is 129 g/mol. The Bertz CT molecular complexity index is 120. The highest BCUT2D eigenvalue weighted by atomic mass is 19.1. The summed E-state index contributed by atoms with van der Waals surface area (Å²) in [6.45, 7) is 2.13. The van der Waals surface area contributed by atoms with Gasteiger partial charge in [-0.15, -0.1) is 0 Å². The SMILES string of the molecule is FC1CCC2(CNC2)C1. The van der Waals surface area contributed by atoms with E-state index in [9.17, 15) is 4.39 Å². The van der Waals surface area contributed by atoms with Crippen molar-refractivity contribution in [2.75, 3.05) is 13.1 Å². The van der Waals surface area contributed by atoms with Gasteiger partial charge in [0.15, 0.2) is 0 Å². The molecule has 1 atom stereocenters. The fraction of sp³-hybridized carbons (Fsp3) is 1.00. The molecule has 1 unspecified atom stereocenters. The van der Waals surface area contributed by atoms with Crippen LogP contribution in [0.3, 0.4) is 0 Å². The van der Waals surface area contributed by atoms with Crippen molar-refractivity contribution in [1.29, 1.82) is 0 Å². The van der Waals surface area contributed by atoms with Crippen LogP contribution >= 0.6 is 0 Å². The van der Waals surface area contributed by atoms with Crippen molar-refractivity contribution in [2.45, 2.75) is 25.4 Å². The van der Waals surface area contributed by atoms with Gasteiger partial charge in [0.25, 0.3) is 0 Å². The summed E-state index contributed by atoms with van der Waals surface area (Å²) < 4.78 is 12.6. The Kier molecular flexibility index (Phi) is 1.06. The second-order valence-corrected chi connectivity index (χ2v) is 3.44. The molecule has 2 rings (SSSR count). The maximum absolute atomic E-state index is 12.6. The summed E-state index contributed by atoms with van der Waals surface area (Å²) in [4.78, 5) is 0. The highest BCUT2D eigenvalue weighted by Gasteiger charge is 2.43. The van der Waals surface area contributed by atoms with Crippen LogP contribution in [0.4, 0.5) is 4.39 Å². The van der Waals surface area contributed by atoms with Gasteiger partial charge in [0.05, 0.1) is 0 Å². The van der Waals surface area contributed by atoms with E-state index in [1.807, 2.05) is 0 Å². The van der Waals surface area contributed by atoms with E-state index in [2.05, 4.69) is 5.32 Å². The van der Waals surface area contributed by atoms with E-state index in [1.54, 1.807) is 0 Å². The molecule has 0 bridgehead atoms. The largest absolute Gasteiger partial charge is 0.316 e. The molecule has 1 nitrogen and oxygen atoms in total. The smallest absolute Gasteiger partial charge is 0.101 e. The lowest BCUT2D eigenvalue weighted by molar-refractivity contribution is 0.162. The van der Waals surface area contributed by atoms with Crippen LogP contribution in [0, 0.1) is 5.41 Å². The van der Waals surface area contributed by atoms with Gasteiger partial charge in [-0.3, -0.25) is 0 Å². The lowest BCUT2D eigenvalue weighted by atomic mass is 9.80. The quantitative estimate of drug-likeness (QED) is 0.516. The van der Waals surface area contributed by atoms with Crippen LogP contribution in [0.1, 0.15) is 19.3 Å². The molecule has 0 amide bonds. The Morgan fingerprint density at radius 3 is 2.44 bits per heavy atom. The number of hydrogen-bond donors (Lipinski definition) is 1. The minimum absolute atomic E-state index is 0.402. The molecule has 0 aromatic carbocycles. The van der Waals surface area contributed by atoms with Gasteiger partial charge in [0.2, 0.25) is 0 Å². The first-order valence-electron chi connectivity index (χ1n) is 3.66. The molecule has 1 heterocycles. The predicted octanol–water partition coefficient (Wildman–Crippen LogP) is 1.10. The van der Waals surface area contributed by atoms with Crippen molar-refractivity contribution in [3.8, 4) is 0 Å². The van der Waals surface area contributed by atoms with Crippen LogP contribution in [-0.2, 0) is 0 Å². The van der Waals surface area contributed by atoms with Crippen LogP contribution in [0.25, 0.3) is 0 Å². The zero-order valence-corrected chi connectivity index (χ0v) is 5.49. The third-order valence-electron chi connectivity index (χ3n) is 2.64. The van der Waals surface area contributed by atoms with E-state index in [1.165, 1.54) is 0 Å². The lowest BCUT2D eigenvalue weighted by Gasteiger charge is -2.39. The Labute approximate surface area is 54.6 Å². The summed E-state index contributed by atoms with van der Waals surface area (Å²) in [6.07, 6.45) is 2.25. The lowest BCUT2D eigenvalue weighted by Crippen LogP contribution is -2.51. The zero-order chi connectivity index (χ0) is 6.32. The summed E-state index contributed by atoms with van der Waals surface area (Å²) in [6, 6.07) is 0. The summed E-state index contributed by atoms with van der Waals surface area (Å²) in [5.41, 5.74) is 0.402. The number of hydrogen-bond acceptors (Lipinski definition) is 1. The molecule has 0 radical (unpaired) electrons. The van der Waals surface area contributed by atoms with Crippen LogP contribution in [-0.4, -0.2) is 19.3 Å². The van der Waals surface area contributed by atoms with Crippen LogP contribution in [0.15, 0.2) is 0 Å². The van der Waals surface area contributed by atoms with Crippen molar-refractivity contribution in [2.24, 2.45) is 5.41 Å². The fourth-order valence-corrected chi connectivity index (χ4v) is 1.94. The predicted molar refractivity (Wildman–Crippen MR) is 34.0 cm³/mol. The summed E-state index contributed by atoms with van der Waals surface area (Å²) in [7, 11) is 0. The van der Waals surface area contributed by atoms with Crippen LogP contribution in [0.5, 0.6) is 0 Å². The van der Waals surface area contributed by atoms with Crippen molar-refractivity contribution in [3.05, 3.63) is 0 Å². The van der Waals surface area contributed by atoms with Gasteiger partial charge in [-0.25, -0.2) is 4.39 Å². The number of rotatable bonds is 0. The van der Waals surface area contributed by atoms with E-state index >= 15 is 0 Å². The molecule has 1 spiro atoms. The minimum Gasteiger partial charge on any atom is -0.316 e. The summed E-state index contributed by atoms with van der Waals surface area (Å²) in [5, 5.41) is 3.20. The van der Waals surface area contributed by atoms with Gasteiger partial charge in [-0.2, -0.15) is 0 Å². The molecule has 0 aromatic rings. The molecular formula is C7H12FN. The third-order valence-corrected chi connectivity index (χ3v) is 2.64. The maximum atomic E-state index is 12.6. The fourth-order valence-electron chi connectivity index (χ4n) is 1.94. The second kappa shape index (κ2) is 1.69. The molecule has 2 heteroatoms. The van der Waals surface area contributed by atoms with E-state index < -0.39 is 6.17 Å². The standard InChI is InChI=1S/C7H12FN/c8-6-1-2-7(3-6)4-9-5-7/h6,9H,1-5H2. The Morgan fingerprint density at radius 1 is 1.44 bits per heavy atom. The van der Waals surface area contributed by atoms with Gasteiger partial charge < -0.3 is 5.32 Å². The summed E-state index contributed by atoms with van der Waals surface area (Å²) in [5.74, 6) is 0. The van der Waals surface area contributed by atoms with E-state index in [0.29, 0.717) is 5.41 Å². The van der Waals surface area contributed by atoms with Crippen molar-refractivity contribution >= 4 is 0 Å². The molecule has 1 aliphatic carbocycles. The Hall–Kier alpha value is -0.110. The van der Waals surface area contributed by atoms with Crippen molar-refractivity contribution in [3.63, 3.8) is 0 Å². The number of halogens is 1. The number of alkyl halides is 1. The average Bonchev–Trinajstić information content (AvgIpc) is 2.09. The zero-order valence-electron chi connectivity index (χ0n) is 5.49. The van der Waals surface area contributed by atoms with Crippen LogP contribution in [0.2, 0.25) is 0 Å². The minimum atomic E-state index is -0.493. The van der Waals surface area contributed by atoms with Gasteiger partial charge in [0.1, 0.15) is 6.17 Å². The molecule has 2 aliphatic rings. The van der Waals surface area contributed by atoms with Gasteiger partial charge >= 0.3 is 0 Å². The average molecular weight is 129 g/mol. The first-order chi connectivity index (χ1) is 4.31. The molecule has 0 aromatic heterocycles. The molecule has 52 valence electrons. The van der Waals surface area contributed by atoms with E-state index in [0.717, 1.165) is 32.4 Å². The van der Waals surface area contributed by atoms with Gasteiger partial charge in [-0.05, 0) is 24.7 Å². The summed E-state index contributed by atoms with van der Waals surface area (Å²) >= 11 is 0. The van der Waals surface area contributed by atoms with E-state index in [-0.39, 0.29) is 0 Å². The molecule has 9 heavy (non-hydrogen) atoms. The molecule has 1 saturated heterocycles. The number of nitrogens with one attached hydrogen (secondary N) is 1. The second-order valence-electron chi connectivity index (χ2n) is 3.44. The first-order valence-corrected chi connectivity index (χ1v) is 3.66. The Balaban J connectivity index is 1.99. The Morgan fingerprint density at radius 2 is 2.22 bits per heavy atom. The van der Waals surface area contributed by atoms with Crippen molar-refractivity contribution in [1.82, 2.24) is 5.32 Å². The molecule has 1 N–H and O–H groups in total. The van der Waals surface area contributed by atoms with Gasteiger partial charge in [-0.1, -0.05) is 0 Å². The highest BCUT2D eigenvalue weighted by molar-refractivity contribution is 4.98. The molecule has 2 fully saturated rings. The van der Waals surface area contributed by atoms with Crippen LogP contribution < -0.4 is 5.32 Å². The van der Waals surface area contributed by atoms with E-state index in [4.69, 9.17) is 0 Å². The third kappa shape index (κ3) is 0.767. The topological polar surface area (TPSA) is 12.0 Å². The van der Waals surface area contributed by atoms with Crippen molar-refractivity contribution < 1.29 is 4.39 Å². The molecule has 1 saturated carbocycles. The highest BCUT2D eigenvalue weighted by Crippen LogP contribution is 2.42. The molecular weight excluding hydrogens is 117 g/mol. The maximum Gasteiger partial charge on any atom is 0.101 e. The molecule has 1 aliphatic heterocycles. The van der Waals surface area contributed by atoms with Gasteiger partial charge in [0, 0.05) is 13.1 Å². The normalized spacial score (nSPS) is 39.0. The first kappa shape index (κ1) is 5.66.